The molecule has 0 bridgehead atoms. The van der Waals surface area contributed by atoms with Gasteiger partial charge in [-0.1, -0.05) is 13.0 Å². The average Bonchev–Trinajstić information content (AvgIpc) is 2.78. The van der Waals surface area contributed by atoms with Gasteiger partial charge in [-0.05, 0) is 37.7 Å². The van der Waals surface area contributed by atoms with Crippen molar-refractivity contribution >= 4 is 16.6 Å². The second kappa shape index (κ2) is 6.35. The van der Waals surface area contributed by atoms with Crippen molar-refractivity contribution in [1.82, 2.24) is 9.88 Å². The van der Waals surface area contributed by atoms with Crippen LogP contribution in [0.2, 0.25) is 0 Å². The number of nitrogens with zero attached hydrogens (tertiary/aromatic N) is 3. The first-order valence-electron chi connectivity index (χ1n) is 7.92. The summed E-state index contributed by atoms with van der Waals surface area (Å²) in [6, 6.07) is 5.72. The van der Waals surface area contributed by atoms with Gasteiger partial charge in [-0.3, -0.25) is 4.98 Å². The van der Waals surface area contributed by atoms with Crippen LogP contribution in [0.15, 0.2) is 30.5 Å². The Hall–Kier alpha value is -1.82. The molecule has 0 spiro atoms. The normalized spacial score (nSPS) is 17.5. The largest absolute Gasteiger partial charge is 0.416 e. The predicted molar refractivity (Wildman–Crippen MR) is 85.7 cm³/mol. The van der Waals surface area contributed by atoms with Crippen molar-refractivity contribution in [3.8, 4) is 0 Å². The standard InChI is InChI=1S/C17H20F3N3/c1-2-22-8-3-9-23(11-10-22)16-6-7-21-15-12-13(17(18,19)20)4-5-14(15)16/h4-7,12H,2-3,8-11H2,1H3. The van der Waals surface area contributed by atoms with E-state index in [2.05, 4.69) is 21.7 Å². The first kappa shape index (κ1) is 16.1. The van der Waals surface area contributed by atoms with Crippen LogP contribution >= 0.6 is 0 Å². The number of anilines is 1. The molecule has 124 valence electrons. The molecule has 1 aliphatic heterocycles. The van der Waals surface area contributed by atoms with Crippen molar-refractivity contribution in [3.63, 3.8) is 0 Å². The number of fused-ring (bicyclic) bond motifs is 1. The molecule has 6 heteroatoms. The van der Waals surface area contributed by atoms with Crippen LogP contribution < -0.4 is 4.90 Å². The molecule has 0 atom stereocenters. The summed E-state index contributed by atoms with van der Waals surface area (Å²) in [6.07, 6.45) is -1.69. The number of pyridine rings is 1. The first-order chi connectivity index (χ1) is 11.0. The minimum atomic E-state index is -4.34. The number of aromatic nitrogens is 1. The lowest BCUT2D eigenvalue weighted by Gasteiger charge is -2.24. The SMILES string of the molecule is CCN1CCCN(c2ccnc3cc(C(F)(F)F)ccc23)CC1. The quantitative estimate of drug-likeness (QED) is 0.838. The number of halogens is 3. The molecule has 3 nitrogen and oxygen atoms in total. The second-order valence-electron chi connectivity index (χ2n) is 5.83. The zero-order chi connectivity index (χ0) is 16.4. The minimum absolute atomic E-state index is 0.397. The van der Waals surface area contributed by atoms with Gasteiger partial charge in [0.2, 0.25) is 0 Å². The van der Waals surface area contributed by atoms with E-state index in [4.69, 9.17) is 0 Å². The first-order valence-corrected chi connectivity index (χ1v) is 7.92. The summed E-state index contributed by atoms with van der Waals surface area (Å²) < 4.78 is 38.6. The summed E-state index contributed by atoms with van der Waals surface area (Å²) in [6.45, 7) is 7.01. The molecule has 3 rings (SSSR count). The Labute approximate surface area is 133 Å². The fraction of sp³-hybridized carbons (Fsp3) is 0.471. The van der Waals surface area contributed by atoms with Crippen molar-refractivity contribution in [1.29, 1.82) is 0 Å². The molecule has 0 saturated carbocycles. The van der Waals surface area contributed by atoms with E-state index >= 15 is 0 Å². The Morgan fingerprint density at radius 1 is 1.09 bits per heavy atom. The third-order valence-corrected chi connectivity index (χ3v) is 4.42. The molecule has 2 aromatic rings. The fourth-order valence-electron chi connectivity index (χ4n) is 3.11. The lowest BCUT2D eigenvalue weighted by atomic mass is 10.1. The molecule has 0 amide bonds. The summed E-state index contributed by atoms with van der Waals surface area (Å²) in [5, 5.41) is 0.783. The molecule has 0 radical (unpaired) electrons. The number of rotatable bonds is 2. The van der Waals surface area contributed by atoms with Gasteiger partial charge in [0.1, 0.15) is 0 Å². The molecule has 1 aromatic carbocycles. The number of likely N-dealkylation sites (N-methyl/N-ethyl adjacent to an activating group) is 1. The Balaban J connectivity index is 1.95. The van der Waals surface area contributed by atoms with Crippen LogP contribution in [0.5, 0.6) is 0 Å². The molecule has 1 fully saturated rings. The van der Waals surface area contributed by atoms with Gasteiger partial charge < -0.3 is 9.80 Å². The van der Waals surface area contributed by atoms with Crippen LogP contribution in [-0.2, 0) is 6.18 Å². The predicted octanol–water partition coefficient (Wildman–Crippen LogP) is 3.79. The van der Waals surface area contributed by atoms with E-state index < -0.39 is 11.7 Å². The molecule has 0 N–H and O–H groups in total. The summed E-state index contributed by atoms with van der Waals surface area (Å²) in [7, 11) is 0. The average molecular weight is 323 g/mol. The van der Waals surface area contributed by atoms with Gasteiger partial charge in [0.05, 0.1) is 11.1 Å². The highest BCUT2D eigenvalue weighted by molar-refractivity contribution is 5.92. The van der Waals surface area contributed by atoms with Crippen LogP contribution in [0.1, 0.15) is 18.9 Å². The molecular formula is C17H20F3N3. The van der Waals surface area contributed by atoms with Gasteiger partial charge in [-0.25, -0.2) is 0 Å². The molecule has 0 unspecified atom stereocenters. The van der Waals surface area contributed by atoms with E-state index in [9.17, 15) is 13.2 Å². The van der Waals surface area contributed by atoms with Crippen LogP contribution in [0.25, 0.3) is 10.9 Å². The van der Waals surface area contributed by atoms with Gasteiger partial charge >= 0.3 is 6.18 Å². The highest BCUT2D eigenvalue weighted by Gasteiger charge is 2.30. The number of hydrogen-bond acceptors (Lipinski definition) is 3. The highest BCUT2D eigenvalue weighted by atomic mass is 19.4. The van der Waals surface area contributed by atoms with Gasteiger partial charge in [-0.2, -0.15) is 13.2 Å². The zero-order valence-electron chi connectivity index (χ0n) is 13.1. The third-order valence-electron chi connectivity index (χ3n) is 4.42. The Morgan fingerprint density at radius 2 is 1.91 bits per heavy atom. The zero-order valence-corrected chi connectivity index (χ0v) is 13.1. The van der Waals surface area contributed by atoms with Crippen LogP contribution in [-0.4, -0.2) is 42.6 Å². The summed E-state index contributed by atoms with van der Waals surface area (Å²) in [5.41, 5.74) is 0.721. The third kappa shape index (κ3) is 3.42. The van der Waals surface area contributed by atoms with Crippen molar-refractivity contribution in [2.75, 3.05) is 37.6 Å². The second-order valence-corrected chi connectivity index (χ2v) is 5.83. The molecule has 1 saturated heterocycles. The van der Waals surface area contributed by atoms with Crippen molar-refractivity contribution in [3.05, 3.63) is 36.0 Å². The smallest absolute Gasteiger partial charge is 0.370 e. The summed E-state index contributed by atoms with van der Waals surface area (Å²) >= 11 is 0. The summed E-state index contributed by atoms with van der Waals surface area (Å²) in [4.78, 5) is 8.78. The fourth-order valence-corrected chi connectivity index (χ4v) is 3.11. The van der Waals surface area contributed by atoms with Crippen LogP contribution in [0, 0.1) is 0 Å². The molecule has 2 heterocycles. The maximum atomic E-state index is 12.9. The number of hydrogen-bond donors (Lipinski definition) is 0. The maximum Gasteiger partial charge on any atom is 0.416 e. The van der Waals surface area contributed by atoms with E-state index in [1.807, 2.05) is 6.07 Å². The summed E-state index contributed by atoms with van der Waals surface area (Å²) in [5.74, 6) is 0. The molecular weight excluding hydrogens is 303 g/mol. The Morgan fingerprint density at radius 3 is 2.65 bits per heavy atom. The monoisotopic (exact) mass is 323 g/mol. The Bertz CT molecular complexity index is 684. The highest BCUT2D eigenvalue weighted by Crippen LogP contribution is 2.33. The topological polar surface area (TPSA) is 19.4 Å². The maximum absolute atomic E-state index is 12.9. The van der Waals surface area contributed by atoms with Crippen molar-refractivity contribution in [2.45, 2.75) is 19.5 Å². The lowest BCUT2D eigenvalue weighted by Crippen LogP contribution is -2.30. The van der Waals surface area contributed by atoms with E-state index in [-0.39, 0.29) is 0 Å². The molecule has 1 aliphatic rings. The van der Waals surface area contributed by atoms with Gasteiger partial charge in [-0.15, -0.1) is 0 Å². The van der Waals surface area contributed by atoms with Crippen molar-refractivity contribution < 1.29 is 13.2 Å². The van der Waals surface area contributed by atoms with E-state index in [1.54, 1.807) is 12.3 Å². The lowest BCUT2D eigenvalue weighted by molar-refractivity contribution is -0.137. The van der Waals surface area contributed by atoms with Crippen LogP contribution in [0.4, 0.5) is 18.9 Å². The van der Waals surface area contributed by atoms with Crippen LogP contribution in [0.3, 0.4) is 0 Å². The van der Waals surface area contributed by atoms with Crippen molar-refractivity contribution in [2.24, 2.45) is 0 Å². The Kier molecular flexibility index (Phi) is 4.43. The molecule has 1 aromatic heterocycles. The number of alkyl halides is 3. The van der Waals surface area contributed by atoms with Gasteiger partial charge in [0, 0.05) is 36.9 Å². The number of benzene rings is 1. The van der Waals surface area contributed by atoms with E-state index in [0.29, 0.717) is 5.52 Å². The van der Waals surface area contributed by atoms with Gasteiger partial charge in [0.25, 0.3) is 0 Å². The van der Waals surface area contributed by atoms with E-state index in [0.717, 1.165) is 62.4 Å². The van der Waals surface area contributed by atoms with E-state index in [1.165, 1.54) is 0 Å². The molecule has 0 aliphatic carbocycles. The minimum Gasteiger partial charge on any atom is -0.370 e. The molecule has 23 heavy (non-hydrogen) atoms. The van der Waals surface area contributed by atoms with Gasteiger partial charge in [0.15, 0.2) is 0 Å².